The molecule has 1 fully saturated rings. The van der Waals surface area contributed by atoms with Gasteiger partial charge in [0.15, 0.2) is 0 Å². The molecule has 0 saturated carbocycles. The number of likely N-dealkylation sites (tertiary alicyclic amines) is 1. The number of ether oxygens (including phenoxy) is 2. The van der Waals surface area contributed by atoms with Crippen molar-refractivity contribution in [3.05, 3.63) is 66.2 Å². The summed E-state index contributed by atoms with van der Waals surface area (Å²) in [5.41, 5.74) is 0.944. The first-order valence-electron chi connectivity index (χ1n) is 8.08. The van der Waals surface area contributed by atoms with Gasteiger partial charge in [0.2, 0.25) is 0 Å². The molecular formula is C19H21NO4. The zero-order valence-electron chi connectivity index (χ0n) is 13.4. The van der Waals surface area contributed by atoms with Crippen LogP contribution in [0.5, 0.6) is 5.75 Å². The Labute approximate surface area is 141 Å². The van der Waals surface area contributed by atoms with E-state index in [1.165, 1.54) is 0 Å². The summed E-state index contributed by atoms with van der Waals surface area (Å²) in [6.07, 6.45) is -0.959. The van der Waals surface area contributed by atoms with Crippen molar-refractivity contribution < 1.29 is 19.4 Å². The Morgan fingerprint density at radius 2 is 1.75 bits per heavy atom. The highest BCUT2D eigenvalue weighted by Crippen LogP contribution is 2.19. The van der Waals surface area contributed by atoms with Crippen LogP contribution < -0.4 is 4.74 Å². The molecule has 3 rings (SSSR count). The summed E-state index contributed by atoms with van der Waals surface area (Å²) in [5.74, 6) is 0.682. The maximum absolute atomic E-state index is 12.2. The number of benzene rings is 2. The lowest BCUT2D eigenvalue weighted by molar-refractivity contribution is -0.0245. The van der Waals surface area contributed by atoms with Gasteiger partial charge in [0, 0.05) is 6.54 Å². The Hall–Kier alpha value is -2.53. The molecule has 0 aliphatic carbocycles. The van der Waals surface area contributed by atoms with Gasteiger partial charge in [-0.3, -0.25) is 0 Å². The lowest BCUT2D eigenvalue weighted by atomic mass is 10.1. The second kappa shape index (κ2) is 7.84. The van der Waals surface area contributed by atoms with Crippen molar-refractivity contribution in [1.29, 1.82) is 0 Å². The van der Waals surface area contributed by atoms with Gasteiger partial charge in [-0.25, -0.2) is 4.79 Å². The highest BCUT2D eigenvalue weighted by molar-refractivity contribution is 5.67. The fourth-order valence-corrected chi connectivity index (χ4v) is 2.67. The molecule has 2 aromatic rings. The SMILES string of the molecule is O=C(OCc1ccccc1)N1CC[C@H](O)[C@@H](Oc2ccccc2)C1. The Morgan fingerprint density at radius 3 is 2.46 bits per heavy atom. The van der Waals surface area contributed by atoms with Gasteiger partial charge in [0.25, 0.3) is 0 Å². The molecule has 5 heteroatoms. The Bertz CT molecular complexity index is 647. The number of carbonyl (C=O) groups is 1. The van der Waals surface area contributed by atoms with Crippen molar-refractivity contribution in [3.8, 4) is 5.75 Å². The summed E-state index contributed by atoms with van der Waals surface area (Å²) in [6.45, 7) is 1.01. The average Bonchev–Trinajstić information content (AvgIpc) is 2.63. The molecule has 1 saturated heterocycles. The fraction of sp³-hybridized carbons (Fsp3) is 0.316. The Morgan fingerprint density at radius 1 is 1.08 bits per heavy atom. The van der Waals surface area contributed by atoms with Crippen molar-refractivity contribution in [1.82, 2.24) is 4.90 Å². The molecule has 0 unspecified atom stereocenters. The molecule has 1 aliphatic heterocycles. The molecule has 0 bridgehead atoms. The Kier molecular flexibility index (Phi) is 5.33. The standard InChI is InChI=1S/C19H21NO4/c21-17-11-12-20(13-18(17)24-16-9-5-2-6-10-16)19(22)23-14-15-7-3-1-4-8-15/h1-10,17-18,21H,11-14H2/t17-,18-/m0/s1. The van der Waals surface area contributed by atoms with Gasteiger partial charge < -0.3 is 19.5 Å². The molecule has 1 N–H and O–H groups in total. The van der Waals surface area contributed by atoms with Crippen molar-refractivity contribution in [3.63, 3.8) is 0 Å². The minimum absolute atomic E-state index is 0.239. The lowest BCUT2D eigenvalue weighted by Gasteiger charge is -2.35. The number of carbonyl (C=O) groups excluding carboxylic acids is 1. The van der Waals surface area contributed by atoms with E-state index >= 15 is 0 Å². The minimum Gasteiger partial charge on any atom is -0.486 e. The van der Waals surface area contributed by atoms with Gasteiger partial charge in [-0.05, 0) is 24.1 Å². The summed E-state index contributed by atoms with van der Waals surface area (Å²) >= 11 is 0. The van der Waals surface area contributed by atoms with E-state index in [4.69, 9.17) is 9.47 Å². The molecule has 0 radical (unpaired) electrons. The molecule has 24 heavy (non-hydrogen) atoms. The normalized spacial score (nSPS) is 20.5. The monoisotopic (exact) mass is 327 g/mol. The molecule has 2 atom stereocenters. The molecule has 1 aliphatic rings. The first-order valence-corrected chi connectivity index (χ1v) is 8.08. The van der Waals surface area contributed by atoms with E-state index in [0.717, 1.165) is 5.56 Å². The van der Waals surface area contributed by atoms with E-state index in [0.29, 0.717) is 25.3 Å². The maximum Gasteiger partial charge on any atom is 0.410 e. The van der Waals surface area contributed by atoms with E-state index in [1.54, 1.807) is 4.90 Å². The van der Waals surface area contributed by atoms with Gasteiger partial charge in [-0.15, -0.1) is 0 Å². The number of hydrogen-bond donors (Lipinski definition) is 1. The third-order valence-electron chi connectivity index (χ3n) is 4.02. The quantitative estimate of drug-likeness (QED) is 0.938. The minimum atomic E-state index is -0.594. The third kappa shape index (κ3) is 4.26. The van der Waals surface area contributed by atoms with E-state index in [2.05, 4.69) is 0 Å². The maximum atomic E-state index is 12.2. The summed E-state index contributed by atoms with van der Waals surface area (Å²) in [5, 5.41) is 10.1. The van der Waals surface area contributed by atoms with Crippen LogP contribution in [-0.2, 0) is 11.3 Å². The summed E-state index contributed by atoms with van der Waals surface area (Å²) < 4.78 is 11.2. The summed E-state index contributed by atoms with van der Waals surface area (Å²) in [4.78, 5) is 13.8. The zero-order valence-corrected chi connectivity index (χ0v) is 13.4. The summed E-state index contributed by atoms with van der Waals surface area (Å²) in [6, 6.07) is 18.9. The van der Waals surface area contributed by atoms with Crippen LogP contribution in [0.1, 0.15) is 12.0 Å². The predicted molar refractivity (Wildman–Crippen MR) is 89.7 cm³/mol. The number of rotatable bonds is 4. The predicted octanol–water partition coefficient (Wildman–Crippen LogP) is 2.84. The number of aliphatic hydroxyl groups excluding tert-OH is 1. The number of hydrogen-bond acceptors (Lipinski definition) is 4. The van der Waals surface area contributed by atoms with E-state index < -0.39 is 12.2 Å². The zero-order chi connectivity index (χ0) is 16.8. The second-order valence-electron chi connectivity index (χ2n) is 5.81. The fourth-order valence-electron chi connectivity index (χ4n) is 2.67. The highest BCUT2D eigenvalue weighted by Gasteiger charge is 2.32. The van der Waals surface area contributed by atoms with Crippen LogP contribution >= 0.6 is 0 Å². The van der Waals surface area contributed by atoms with Crippen LogP contribution in [0, 0.1) is 0 Å². The van der Waals surface area contributed by atoms with E-state index in [9.17, 15) is 9.90 Å². The third-order valence-corrected chi connectivity index (χ3v) is 4.02. The molecular weight excluding hydrogens is 306 g/mol. The van der Waals surface area contributed by atoms with Crippen LogP contribution in [-0.4, -0.2) is 41.4 Å². The largest absolute Gasteiger partial charge is 0.486 e. The lowest BCUT2D eigenvalue weighted by Crippen LogP contribution is -2.51. The molecule has 1 amide bonds. The van der Waals surface area contributed by atoms with Gasteiger partial charge in [0.05, 0.1) is 12.6 Å². The van der Waals surface area contributed by atoms with Gasteiger partial charge in [-0.1, -0.05) is 48.5 Å². The van der Waals surface area contributed by atoms with Crippen molar-refractivity contribution in [2.45, 2.75) is 25.2 Å². The number of nitrogens with zero attached hydrogens (tertiary/aromatic N) is 1. The van der Waals surface area contributed by atoms with Crippen LogP contribution in [0.25, 0.3) is 0 Å². The van der Waals surface area contributed by atoms with Crippen molar-refractivity contribution in [2.24, 2.45) is 0 Å². The molecule has 0 aromatic heterocycles. The topological polar surface area (TPSA) is 59.0 Å². The van der Waals surface area contributed by atoms with Crippen LogP contribution in [0.15, 0.2) is 60.7 Å². The summed E-state index contributed by atoms with van der Waals surface area (Å²) in [7, 11) is 0. The Balaban J connectivity index is 1.55. The number of piperidine rings is 1. The van der Waals surface area contributed by atoms with Gasteiger partial charge in [0.1, 0.15) is 18.5 Å². The first-order chi connectivity index (χ1) is 11.7. The van der Waals surface area contributed by atoms with Gasteiger partial charge in [-0.2, -0.15) is 0 Å². The van der Waals surface area contributed by atoms with E-state index in [-0.39, 0.29) is 12.7 Å². The van der Waals surface area contributed by atoms with E-state index in [1.807, 2.05) is 60.7 Å². The highest BCUT2D eigenvalue weighted by atomic mass is 16.6. The molecule has 5 nitrogen and oxygen atoms in total. The first kappa shape index (κ1) is 16.3. The average molecular weight is 327 g/mol. The number of amides is 1. The van der Waals surface area contributed by atoms with Crippen molar-refractivity contribution in [2.75, 3.05) is 13.1 Å². The van der Waals surface area contributed by atoms with Crippen LogP contribution in [0.2, 0.25) is 0 Å². The number of aliphatic hydroxyl groups is 1. The van der Waals surface area contributed by atoms with Crippen LogP contribution in [0.4, 0.5) is 4.79 Å². The molecule has 126 valence electrons. The second-order valence-corrected chi connectivity index (χ2v) is 5.81. The number of para-hydroxylation sites is 1. The molecule has 0 spiro atoms. The van der Waals surface area contributed by atoms with Crippen molar-refractivity contribution >= 4 is 6.09 Å². The van der Waals surface area contributed by atoms with Crippen LogP contribution in [0.3, 0.4) is 0 Å². The molecule has 2 aromatic carbocycles. The molecule has 1 heterocycles. The van der Waals surface area contributed by atoms with Gasteiger partial charge >= 0.3 is 6.09 Å². The smallest absolute Gasteiger partial charge is 0.410 e.